The van der Waals surface area contributed by atoms with Crippen LogP contribution < -0.4 is 10.6 Å². The van der Waals surface area contributed by atoms with Crippen LogP contribution in [0.15, 0.2) is 81.5 Å². The number of amidine groups is 1. The summed E-state index contributed by atoms with van der Waals surface area (Å²) in [6.45, 7) is 8.53. The van der Waals surface area contributed by atoms with E-state index in [0.717, 1.165) is 32.7 Å². The molecule has 4 rings (SSSR count). The van der Waals surface area contributed by atoms with Crippen LogP contribution in [0.4, 0.5) is 15.8 Å². The summed E-state index contributed by atoms with van der Waals surface area (Å²) in [4.78, 5) is 9.70. The van der Waals surface area contributed by atoms with Crippen LogP contribution in [0.3, 0.4) is 0 Å². The van der Waals surface area contributed by atoms with E-state index in [-0.39, 0.29) is 5.83 Å². The third-order valence-corrected chi connectivity index (χ3v) is 5.43. The standard InChI is InChI=1S/C22H21FN6S.C2H6/c1-24-20-8-9-30-21(20)22(28-18-6-7-19-16(11-18)13-27-29-19)26-14-25-12-15-4-2-3-5-17(23)10-15;1-2/h2,4-11,13,25H,1,3,12,14H2,(H,26,28)(H,27,29);1-2H3. The number of anilines is 1. The molecule has 1 aliphatic carbocycles. The molecule has 1 aromatic carbocycles. The fourth-order valence-corrected chi connectivity index (χ4v) is 3.87. The van der Waals surface area contributed by atoms with Crippen LogP contribution in [0.1, 0.15) is 25.1 Å². The highest BCUT2D eigenvalue weighted by molar-refractivity contribution is 7.12. The highest BCUT2D eigenvalue weighted by Gasteiger charge is 2.12. The Morgan fingerprint density at radius 3 is 3.03 bits per heavy atom. The predicted octanol–water partition coefficient (Wildman–Crippen LogP) is 6.13. The molecule has 0 bridgehead atoms. The Morgan fingerprint density at radius 2 is 2.19 bits per heavy atom. The number of H-pyrrole nitrogens is 1. The number of hydrogen-bond acceptors (Lipinski definition) is 5. The van der Waals surface area contributed by atoms with Crippen molar-refractivity contribution in [1.29, 1.82) is 0 Å². The number of halogens is 1. The Morgan fingerprint density at radius 1 is 1.31 bits per heavy atom. The van der Waals surface area contributed by atoms with Gasteiger partial charge in [0.2, 0.25) is 0 Å². The predicted molar refractivity (Wildman–Crippen MR) is 135 cm³/mol. The maximum absolute atomic E-state index is 13.6. The Kier molecular flexibility index (Phi) is 8.65. The van der Waals surface area contributed by atoms with Crippen molar-refractivity contribution in [2.24, 2.45) is 9.98 Å². The van der Waals surface area contributed by atoms with Crippen molar-refractivity contribution in [3.63, 3.8) is 0 Å². The Balaban J connectivity index is 0.00000141. The molecule has 0 unspecified atom stereocenters. The van der Waals surface area contributed by atoms with Gasteiger partial charge in [-0.2, -0.15) is 5.10 Å². The number of nitrogens with zero attached hydrogens (tertiary/aromatic N) is 3. The third kappa shape index (κ3) is 6.09. The number of aliphatic imine (C=N–C) groups is 2. The maximum Gasteiger partial charge on any atom is 0.146 e. The fraction of sp³-hybridized carbons (Fsp3) is 0.208. The Hall–Kier alpha value is -3.36. The molecule has 0 saturated carbocycles. The van der Waals surface area contributed by atoms with Gasteiger partial charge in [-0.15, -0.1) is 11.3 Å². The second kappa shape index (κ2) is 11.9. The first-order chi connectivity index (χ1) is 15.7. The summed E-state index contributed by atoms with van der Waals surface area (Å²) in [6, 6.07) is 7.85. The Labute approximate surface area is 191 Å². The summed E-state index contributed by atoms with van der Waals surface area (Å²) >= 11 is 1.54. The molecular formula is C24H27FN6S. The lowest BCUT2D eigenvalue weighted by atomic mass is 10.2. The van der Waals surface area contributed by atoms with E-state index in [9.17, 15) is 4.39 Å². The van der Waals surface area contributed by atoms with Crippen molar-refractivity contribution in [3.05, 3.63) is 76.4 Å². The quantitative estimate of drug-likeness (QED) is 0.230. The second-order valence-corrected chi connectivity index (χ2v) is 7.54. The van der Waals surface area contributed by atoms with Gasteiger partial charge in [-0.05, 0) is 60.5 Å². The summed E-state index contributed by atoms with van der Waals surface area (Å²) in [5, 5.41) is 16.6. The van der Waals surface area contributed by atoms with Gasteiger partial charge in [-0.25, -0.2) is 4.39 Å². The van der Waals surface area contributed by atoms with Crippen LogP contribution in [-0.2, 0) is 0 Å². The number of fused-ring (bicyclic) bond motifs is 1. The average molecular weight is 451 g/mol. The number of thiophene rings is 1. The average Bonchev–Trinajstić information content (AvgIpc) is 3.43. The van der Waals surface area contributed by atoms with Crippen molar-refractivity contribution >= 4 is 46.2 Å². The molecule has 2 aromatic heterocycles. The molecule has 0 radical (unpaired) electrons. The van der Waals surface area contributed by atoms with Gasteiger partial charge in [0.05, 0.1) is 28.9 Å². The number of aromatic amines is 1. The van der Waals surface area contributed by atoms with E-state index >= 15 is 0 Å². The Bertz CT molecular complexity index is 1170. The maximum atomic E-state index is 13.6. The van der Waals surface area contributed by atoms with Gasteiger partial charge in [0.25, 0.3) is 0 Å². The second-order valence-electron chi connectivity index (χ2n) is 6.63. The zero-order valence-electron chi connectivity index (χ0n) is 18.2. The molecule has 0 atom stereocenters. The SMILES string of the molecule is C=Nc1ccsc1/C(=N\CNCC1=CC(F)=CCC=C1)Nc1ccc2[nH]ncc2c1.CC. The number of aromatic nitrogens is 2. The molecule has 0 aliphatic heterocycles. The zero-order chi connectivity index (χ0) is 22.8. The van der Waals surface area contributed by atoms with Gasteiger partial charge >= 0.3 is 0 Å². The number of nitrogens with one attached hydrogen (secondary N) is 3. The molecular weight excluding hydrogens is 423 g/mol. The number of allylic oxidation sites excluding steroid dienone is 4. The van der Waals surface area contributed by atoms with Gasteiger partial charge in [0.15, 0.2) is 0 Å². The smallest absolute Gasteiger partial charge is 0.146 e. The highest BCUT2D eigenvalue weighted by atomic mass is 32.1. The molecule has 1 aliphatic rings. The molecule has 166 valence electrons. The van der Waals surface area contributed by atoms with E-state index in [2.05, 4.69) is 32.5 Å². The highest BCUT2D eigenvalue weighted by Crippen LogP contribution is 2.27. The molecule has 32 heavy (non-hydrogen) atoms. The van der Waals surface area contributed by atoms with Crippen LogP contribution in [-0.4, -0.2) is 36.0 Å². The molecule has 3 N–H and O–H groups in total. The lowest BCUT2D eigenvalue weighted by molar-refractivity contribution is 0.660. The number of benzene rings is 1. The van der Waals surface area contributed by atoms with Crippen molar-refractivity contribution in [2.45, 2.75) is 20.3 Å². The van der Waals surface area contributed by atoms with Gasteiger partial charge in [0, 0.05) is 17.6 Å². The minimum atomic E-state index is -0.211. The zero-order valence-corrected chi connectivity index (χ0v) is 19.0. The van der Waals surface area contributed by atoms with Crippen molar-refractivity contribution in [1.82, 2.24) is 15.5 Å². The number of rotatable bonds is 7. The van der Waals surface area contributed by atoms with Crippen molar-refractivity contribution < 1.29 is 4.39 Å². The fourth-order valence-electron chi connectivity index (χ4n) is 3.06. The molecule has 3 aromatic rings. The molecule has 2 heterocycles. The van der Waals surface area contributed by atoms with Gasteiger partial charge in [-0.1, -0.05) is 26.0 Å². The first kappa shape index (κ1) is 23.3. The van der Waals surface area contributed by atoms with Crippen LogP contribution >= 0.6 is 11.3 Å². The summed E-state index contributed by atoms with van der Waals surface area (Å²) in [5.74, 6) is 0.483. The molecule has 0 amide bonds. The molecule has 0 spiro atoms. The molecule has 0 saturated heterocycles. The van der Waals surface area contributed by atoms with Crippen LogP contribution in [0.2, 0.25) is 0 Å². The van der Waals surface area contributed by atoms with Crippen molar-refractivity contribution in [2.75, 3.05) is 18.5 Å². The van der Waals surface area contributed by atoms with E-state index < -0.39 is 0 Å². The molecule has 6 nitrogen and oxygen atoms in total. The van der Waals surface area contributed by atoms with Crippen LogP contribution in [0.5, 0.6) is 0 Å². The molecule has 8 heteroatoms. The summed E-state index contributed by atoms with van der Waals surface area (Å²) in [6.07, 6.45) is 9.35. The first-order valence-electron chi connectivity index (χ1n) is 10.5. The van der Waals surface area contributed by atoms with E-state index in [1.165, 1.54) is 0 Å². The summed E-state index contributed by atoms with van der Waals surface area (Å²) in [5.41, 5.74) is 3.52. The van der Waals surface area contributed by atoms with E-state index in [1.807, 2.05) is 55.6 Å². The van der Waals surface area contributed by atoms with Gasteiger partial charge in [0.1, 0.15) is 11.7 Å². The summed E-state index contributed by atoms with van der Waals surface area (Å²) in [7, 11) is 0. The van der Waals surface area contributed by atoms with E-state index in [1.54, 1.807) is 29.7 Å². The minimum Gasteiger partial charge on any atom is -0.339 e. The number of hydrogen-bond donors (Lipinski definition) is 3. The lowest BCUT2D eigenvalue weighted by Gasteiger charge is -2.11. The van der Waals surface area contributed by atoms with Crippen LogP contribution in [0, 0.1) is 0 Å². The topological polar surface area (TPSA) is 77.5 Å². The molecule has 0 fully saturated rings. The van der Waals surface area contributed by atoms with E-state index in [0.29, 0.717) is 25.5 Å². The van der Waals surface area contributed by atoms with Crippen molar-refractivity contribution in [3.8, 4) is 0 Å². The first-order valence-corrected chi connectivity index (χ1v) is 11.3. The van der Waals surface area contributed by atoms with E-state index in [4.69, 9.17) is 4.99 Å². The summed E-state index contributed by atoms with van der Waals surface area (Å²) < 4.78 is 13.6. The van der Waals surface area contributed by atoms with Crippen LogP contribution in [0.25, 0.3) is 10.9 Å². The monoisotopic (exact) mass is 450 g/mol. The minimum absolute atomic E-state index is 0.211. The largest absolute Gasteiger partial charge is 0.339 e. The van der Waals surface area contributed by atoms with Gasteiger partial charge in [-0.3, -0.25) is 20.4 Å². The third-order valence-electron chi connectivity index (χ3n) is 4.52. The normalized spacial score (nSPS) is 13.7. The van der Waals surface area contributed by atoms with Gasteiger partial charge < -0.3 is 5.32 Å². The lowest BCUT2D eigenvalue weighted by Crippen LogP contribution is -2.20.